The molecule has 1 aliphatic rings. The van der Waals surface area contributed by atoms with Gasteiger partial charge in [-0.15, -0.1) is 0 Å². The highest BCUT2D eigenvalue weighted by atomic mass is 16.2. The van der Waals surface area contributed by atoms with Gasteiger partial charge in [0, 0.05) is 17.5 Å². The van der Waals surface area contributed by atoms with E-state index in [1.165, 1.54) is 6.42 Å². The van der Waals surface area contributed by atoms with Gasteiger partial charge >= 0.3 is 0 Å². The Morgan fingerprint density at radius 1 is 1.14 bits per heavy atom. The number of para-hydroxylation sites is 1. The molecule has 0 bridgehead atoms. The summed E-state index contributed by atoms with van der Waals surface area (Å²) < 4.78 is 3.32. The highest BCUT2D eigenvalue weighted by molar-refractivity contribution is 5.85. The van der Waals surface area contributed by atoms with Crippen molar-refractivity contribution in [3.8, 4) is 5.69 Å². The number of aromatic nitrogens is 3. The first kappa shape index (κ1) is 18.5. The van der Waals surface area contributed by atoms with E-state index in [4.69, 9.17) is 0 Å². The third kappa shape index (κ3) is 3.46. The molecule has 0 unspecified atom stereocenters. The lowest BCUT2D eigenvalue weighted by molar-refractivity contribution is -0.122. The number of rotatable bonds is 4. The molecule has 0 aliphatic heterocycles. The molecule has 2 heterocycles. The van der Waals surface area contributed by atoms with E-state index in [-0.39, 0.29) is 24.1 Å². The van der Waals surface area contributed by atoms with Crippen molar-refractivity contribution in [3.05, 3.63) is 58.0 Å². The zero-order valence-corrected chi connectivity index (χ0v) is 16.4. The lowest BCUT2D eigenvalue weighted by atomic mass is 9.95. The summed E-state index contributed by atoms with van der Waals surface area (Å²) >= 11 is 0. The standard InChI is InChI=1S/C22H26N4O2/c1-15-13-20(28)25(14-19(27)23-17-9-5-3-6-10-17)22-21(15)16(2)24-26(22)18-11-7-4-8-12-18/h4,7-8,11-13,17H,3,5-6,9-10,14H2,1-2H3,(H,23,27). The minimum atomic E-state index is -0.180. The quantitative estimate of drug-likeness (QED) is 0.758. The Balaban J connectivity index is 1.77. The molecule has 1 saturated carbocycles. The number of carbonyl (C=O) groups excluding carboxylic acids is 1. The fourth-order valence-corrected chi connectivity index (χ4v) is 4.23. The second kappa shape index (κ2) is 7.62. The Morgan fingerprint density at radius 2 is 1.86 bits per heavy atom. The predicted molar refractivity (Wildman–Crippen MR) is 110 cm³/mol. The van der Waals surface area contributed by atoms with Gasteiger partial charge in [0.1, 0.15) is 12.2 Å². The molecule has 0 spiro atoms. The minimum Gasteiger partial charge on any atom is -0.352 e. The zero-order chi connectivity index (χ0) is 19.7. The van der Waals surface area contributed by atoms with Gasteiger partial charge in [-0.05, 0) is 44.4 Å². The molecule has 0 saturated heterocycles. The molecule has 1 amide bonds. The lowest BCUT2D eigenvalue weighted by Gasteiger charge is -2.23. The van der Waals surface area contributed by atoms with Crippen LogP contribution in [0.4, 0.5) is 0 Å². The Hall–Kier alpha value is -2.89. The van der Waals surface area contributed by atoms with Crippen molar-refractivity contribution < 1.29 is 4.79 Å². The van der Waals surface area contributed by atoms with E-state index in [1.54, 1.807) is 15.3 Å². The van der Waals surface area contributed by atoms with Crippen LogP contribution in [-0.4, -0.2) is 26.3 Å². The first-order valence-electron chi connectivity index (χ1n) is 9.99. The number of carbonyl (C=O) groups is 1. The molecular formula is C22H26N4O2. The minimum absolute atomic E-state index is 0.00405. The van der Waals surface area contributed by atoms with Gasteiger partial charge in [-0.3, -0.25) is 14.2 Å². The van der Waals surface area contributed by atoms with E-state index >= 15 is 0 Å². The zero-order valence-electron chi connectivity index (χ0n) is 16.4. The van der Waals surface area contributed by atoms with Gasteiger partial charge in [0.25, 0.3) is 5.56 Å². The van der Waals surface area contributed by atoms with Crippen LogP contribution >= 0.6 is 0 Å². The van der Waals surface area contributed by atoms with E-state index in [0.29, 0.717) is 5.65 Å². The molecule has 0 atom stereocenters. The Morgan fingerprint density at radius 3 is 2.57 bits per heavy atom. The van der Waals surface area contributed by atoms with Crippen molar-refractivity contribution in [3.63, 3.8) is 0 Å². The normalized spacial score (nSPS) is 15.1. The van der Waals surface area contributed by atoms with Crippen molar-refractivity contribution in [1.82, 2.24) is 19.7 Å². The first-order chi connectivity index (χ1) is 13.5. The maximum atomic E-state index is 12.8. The molecule has 1 aromatic carbocycles. The van der Waals surface area contributed by atoms with Crippen molar-refractivity contribution in [2.45, 2.75) is 58.5 Å². The van der Waals surface area contributed by atoms with Gasteiger partial charge in [0.05, 0.1) is 11.4 Å². The van der Waals surface area contributed by atoms with Crippen molar-refractivity contribution >= 4 is 16.9 Å². The van der Waals surface area contributed by atoms with Crippen molar-refractivity contribution in [2.24, 2.45) is 0 Å². The highest BCUT2D eigenvalue weighted by Crippen LogP contribution is 2.24. The number of nitrogens with zero attached hydrogens (tertiary/aromatic N) is 3. The Kier molecular flexibility index (Phi) is 5.03. The Bertz CT molecular complexity index is 1060. The highest BCUT2D eigenvalue weighted by Gasteiger charge is 2.20. The van der Waals surface area contributed by atoms with E-state index in [9.17, 15) is 9.59 Å². The average molecular weight is 378 g/mol. The molecule has 4 rings (SSSR count). The Labute approximate surface area is 164 Å². The number of pyridine rings is 1. The molecule has 6 nitrogen and oxygen atoms in total. The maximum Gasteiger partial charge on any atom is 0.252 e. The van der Waals surface area contributed by atoms with Crippen LogP contribution in [0.5, 0.6) is 0 Å². The van der Waals surface area contributed by atoms with Crippen LogP contribution in [0.1, 0.15) is 43.4 Å². The molecule has 28 heavy (non-hydrogen) atoms. The molecule has 1 aliphatic carbocycles. The SMILES string of the molecule is Cc1cc(=O)n(CC(=O)NC2CCCCC2)c2c1c(C)nn2-c1ccccc1. The van der Waals surface area contributed by atoms with Gasteiger partial charge in [-0.1, -0.05) is 37.5 Å². The number of hydrogen-bond acceptors (Lipinski definition) is 3. The van der Waals surface area contributed by atoms with Crippen LogP contribution in [0.3, 0.4) is 0 Å². The summed E-state index contributed by atoms with van der Waals surface area (Å²) in [6.07, 6.45) is 5.58. The molecule has 6 heteroatoms. The van der Waals surface area contributed by atoms with Gasteiger partial charge < -0.3 is 5.32 Å². The summed E-state index contributed by atoms with van der Waals surface area (Å²) in [4.78, 5) is 25.5. The monoisotopic (exact) mass is 378 g/mol. The summed E-state index contributed by atoms with van der Waals surface area (Å²) in [5, 5.41) is 8.71. The molecule has 3 aromatic rings. The molecule has 1 N–H and O–H groups in total. The molecule has 2 aromatic heterocycles. The van der Waals surface area contributed by atoms with Crippen LogP contribution in [0, 0.1) is 13.8 Å². The second-order valence-electron chi connectivity index (χ2n) is 7.69. The van der Waals surface area contributed by atoms with Gasteiger partial charge in [-0.2, -0.15) is 5.10 Å². The predicted octanol–water partition coefficient (Wildman–Crippen LogP) is 3.25. The summed E-state index contributed by atoms with van der Waals surface area (Å²) in [5.41, 5.74) is 3.09. The molecule has 146 valence electrons. The topological polar surface area (TPSA) is 68.9 Å². The smallest absolute Gasteiger partial charge is 0.252 e. The van der Waals surface area contributed by atoms with E-state index in [1.807, 2.05) is 44.2 Å². The van der Waals surface area contributed by atoms with Crippen LogP contribution in [0.15, 0.2) is 41.2 Å². The van der Waals surface area contributed by atoms with E-state index in [2.05, 4.69) is 10.4 Å². The van der Waals surface area contributed by atoms with Crippen LogP contribution < -0.4 is 10.9 Å². The number of hydrogen-bond donors (Lipinski definition) is 1. The van der Waals surface area contributed by atoms with Gasteiger partial charge in [0.15, 0.2) is 0 Å². The van der Waals surface area contributed by atoms with E-state index < -0.39 is 0 Å². The largest absolute Gasteiger partial charge is 0.352 e. The van der Waals surface area contributed by atoms with Crippen LogP contribution in [0.2, 0.25) is 0 Å². The summed E-state index contributed by atoms with van der Waals surface area (Å²) in [6, 6.07) is 11.5. The fourth-order valence-electron chi connectivity index (χ4n) is 4.23. The molecule has 1 fully saturated rings. The van der Waals surface area contributed by atoms with Gasteiger partial charge in [-0.25, -0.2) is 4.68 Å². The molecular weight excluding hydrogens is 352 g/mol. The molecule has 0 radical (unpaired) electrons. The number of fused-ring (bicyclic) bond motifs is 1. The average Bonchev–Trinajstić information content (AvgIpc) is 3.04. The van der Waals surface area contributed by atoms with E-state index in [0.717, 1.165) is 48.0 Å². The van der Waals surface area contributed by atoms with Crippen LogP contribution in [-0.2, 0) is 11.3 Å². The first-order valence-corrected chi connectivity index (χ1v) is 9.99. The maximum absolute atomic E-state index is 12.8. The van der Waals surface area contributed by atoms with Crippen molar-refractivity contribution in [2.75, 3.05) is 0 Å². The third-order valence-corrected chi connectivity index (χ3v) is 5.56. The second-order valence-corrected chi connectivity index (χ2v) is 7.69. The number of aryl methyl sites for hydroxylation is 2. The summed E-state index contributed by atoms with van der Waals surface area (Å²) in [5.74, 6) is -0.113. The number of nitrogens with one attached hydrogen (secondary N) is 1. The number of benzene rings is 1. The third-order valence-electron chi connectivity index (χ3n) is 5.56. The van der Waals surface area contributed by atoms with Crippen LogP contribution in [0.25, 0.3) is 16.7 Å². The lowest BCUT2D eigenvalue weighted by Crippen LogP contribution is -2.40. The summed E-state index contributed by atoms with van der Waals surface area (Å²) in [6.45, 7) is 3.86. The van der Waals surface area contributed by atoms with Crippen molar-refractivity contribution in [1.29, 1.82) is 0 Å². The van der Waals surface area contributed by atoms with Gasteiger partial charge in [0.2, 0.25) is 5.91 Å². The number of amides is 1. The summed E-state index contributed by atoms with van der Waals surface area (Å²) in [7, 11) is 0. The fraction of sp³-hybridized carbons (Fsp3) is 0.409.